The molecule has 4 heterocycles. The Hall–Kier alpha value is -5.36. The molecule has 0 radical (unpaired) electrons. The number of aryl methyl sites for hydroxylation is 2. The van der Waals surface area contributed by atoms with Gasteiger partial charge in [-0.1, -0.05) is 24.0 Å². The molecule has 0 saturated carbocycles. The third kappa shape index (κ3) is 4.67. The molecule has 0 spiro atoms. The third-order valence-corrected chi connectivity index (χ3v) is 6.65. The average molecular weight is 530 g/mol. The van der Waals surface area contributed by atoms with Crippen molar-refractivity contribution >= 4 is 22.5 Å². The number of para-hydroxylation sites is 1. The highest BCUT2D eigenvalue weighted by atomic mass is 19.1. The van der Waals surface area contributed by atoms with E-state index in [9.17, 15) is 9.18 Å². The maximum Gasteiger partial charge on any atom is 0.257 e. The molecule has 0 saturated heterocycles. The topological polar surface area (TPSA) is 90.0 Å². The van der Waals surface area contributed by atoms with Gasteiger partial charge in [-0.15, -0.1) is 0 Å². The molecule has 4 aromatic heterocycles. The van der Waals surface area contributed by atoms with Gasteiger partial charge in [0.1, 0.15) is 11.4 Å². The van der Waals surface area contributed by atoms with Crippen molar-refractivity contribution in [2.45, 2.75) is 19.9 Å². The maximum atomic E-state index is 13.8. The summed E-state index contributed by atoms with van der Waals surface area (Å²) in [5.41, 5.74) is 5.87. The van der Waals surface area contributed by atoms with E-state index in [1.54, 1.807) is 52.9 Å². The van der Waals surface area contributed by atoms with E-state index in [4.69, 9.17) is 4.98 Å². The van der Waals surface area contributed by atoms with E-state index in [2.05, 4.69) is 32.3 Å². The number of aromatic nitrogens is 6. The number of nitrogens with zero attached hydrogens (tertiary/aromatic N) is 6. The van der Waals surface area contributed by atoms with E-state index in [-0.39, 0.29) is 11.7 Å². The number of carbonyl (C=O) groups is 1. The maximum absolute atomic E-state index is 13.8. The van der Waals surface area contributed by atoms with Crippen LogP contribution in [0.25, 0.3) is 27.8 Å². The first-order valence-corrected chi connectivity index (χ1v) is 12.7. The molecule has 40 heavy (non-hydrogen) atoms. The fourth-order valence-corrected chi connectivity index (χ4v) is 4.72. The zero-order chi connectivity index (χ0) is 27.8. The molecule has 1 amide bonds. The van der Waals surface area contributed by atoms with Gasteiger partial charge in [0.25, 0.3) is 5.91 Å². The van der Waals surface area contributed by atoms with Crippen molar-refractivity contribution < 1.29 is 9.18 Å². The van der Waals surface area contributed by atoms with Crippen LogP contribution in [0.1, 0.15) is 45.7 Å². The third-order valence-electron chi connectivity index (χ3n) is 6.65. The first kappa shape index (κ1) is 24.9. The zero-order valence-electron chi connectivity index (χ0n) is 22.1. The Morgan fingerprint density at radius 2 is 1.93 bits per heavy atom. The molecular formula is C31H24FN7O. The predicted octanol–water partition coefficient (Wildman–Crippen LogP) is 5.02. The van der Waals surface area contributed by atoms with Gasteiger partial charge in [0.05, 0.1) is 40.3 Å². The predicted molar refractivity (Wildman–Crippen MR) is 150 cm³/mol. The highest BCUT2D eigenvalue weighted by molar-refractivity contribution is 6.01. The van der Waals surface area contributed by atoms with Crippen LogP contribution in [0.15, 0.2) is 79.4 Å². The summed E-state index contributed by atoms with van der Waals surface area (Å²) in [5, 5.41) is 12.5. The number of hydrogen-bond acceptors (Lipinski definition) is 5. The first-order chi connectivity index (χ1) is 19.4. The molecule has 6 aromatic rings. The van der Waals surface area contributed by atoms with Gasteiger partial charge in [-0.3, -0.25) is 9.48 Å². The number of rotatable bonds is 4. The van der Waals surface area contributed by atoms with Crippen molar-refractivity contribution in [2.75, 3.05) is 0 Å². The smallest absolute Gasteiger partial charge is 0.257 e. The molecule has 6 rings (SSSR count). The van der Waals surface area contributed by atoms with E-state index in [0.717, 1.165) is 27.6 Å². The second-order valence-corrected chi connectivity index (χ2v) is 9.51. The lowest BCUT2D eigenvalue weighted by Crippen LogP contribution is -2.27. The number of hydrogen-bond donors (Lipinski definition) is 1. The molecule has 196 valence electrons. The highest BCUT2D eigenvalue weighted by Crippen LogP contribution is 2.31. The van der Waals surface area contributed by atoms with Gasteiger partial charge in [-0.25, -0.2) is 18.9 Å². The molecule has 9 heteroatoms. The molecular weight excluding hydrogens is 505 g/mol. The second kappa shape index (κ2) is 10.1. The quantitative estimate of drug-likeness (QED) is 0.324. The van der Waals surface area contributed by atoms with E-state index < -0.39 is 6.04 Å². The molecule has 0 aliphatic rings. The second-order valence-electron chi connectivity index (χ2n) is 9.51. The Labute approximate surface area is 229 Å². The van der Waals surface area contributed by atoms with Crippen molar-refractivity contribution in [3.63, 3.8) is 0 Å². The van der Waals surface area contributed by atoms with Gasteiger partial charge in [0.15, 0.2) is 5.65 Å². The monoisotopic (exact) mass is 529 g/mol. The zero-order valence-corrected chi connectivity index (χ0v) is 22.1. The van der Waals surface area contributed by atoms with Crippen LogP contribution in [0, 0.1) is 24.6 Å². The number of fused-ring (bicyclic) bond motifs is 2. The van der Waals surface area contributed by atoms with E-state index >= 15 is 0 Å². The number of nitrogens with one attached hydrogen (secondary N) is 1. The van der Waals surface area contributed by atoms with E-state index in [0.29, 0.717) is 28.1 Å². The van der Waals surface area contributed by atoms with Crippen molar-refractivity contribution in [2.24, 2.45) is 7.05 Å². The van der Waals surface area contributed by atoms with Crippen molar-refractivity contribution in [3.8, 4) is 23.1 Å². The minimum Gasteiger partial charge on any atom is -0.345 e. The average Bonchev–Trinajstić information content (AvgIpc) is 3.52. The van der Waals surface area contributed by atoms with Crippen LogP contribution in [-0.2, 0) is 7.05 Å². The molecule has 0 bridgehead atoms. The molecule has 2 aromatic carbocycles. The van der Waals surface area contributed by atoms with E-state index in [1.165, 1.54) is 12.1 Å². The Bertz CT molecular complexity index is 1960. The van der Waals surface area contributed by atoms with Crippen LogP contribution in [0.2, 0.25) is 0 Å². The molecule has 1 unspecified atom stereocenters. The Morgan fingerprint density at radius 1 is 1.10 bits per heavy atom. The van der Waals surface area contributed by atoms with Crippen molar-refractivity contribution in [1.29, 1.82) is 0 Å². The van der Waals surface area contributed by atoms with Crippen LogP contribution < -0.4 is 5.32 Å². The molecule has 1 atom stereocenters. The number of benzene rings is 2. The lowest BCUT2D eigenvalue weighted by atomic mass is 9.97. The molecule has 1 N–H and O–H groups in total. The summed E-state index contributed by atoms with van der Waals surface area (Å²) < 4.78 is 17.1. The summed E-state index contributed by atoms with van der Waals surface area (Å²) >= 11 is 0. The Balaban J connectivity index is 1.44. The number of amides is 1. The largest absolute Gasteiger partial charge is 0.345 e. The van der Waals surface area contributed by atoms with E-state index in [1.807, 2.05) is 44.4 Å². The minimum atomic E-state index is -0.437. The summed E-state index contributed by atoms with van der Waals surface area (Å²) in [6.07, 6.45) is 6.94. The number of halogens is 1. The molecule has 0 fully saturated rings. The highest BCUT2D eigenvalue weighted by Gasteiger charge is 2.23. The Morgan fingerprint density at radius 3 is 2.70 bits per heavy atom. The van der Waals surface area contributed by atoms with Gasteiger partial charge in [-0.2, -0.15) is 10.2 Å². The van der Waals surface area contributed by atoms with Gasteiger partial charge in [0, 0.05) is 42.2 Å². The number of pyridine rings is 1. The minimum absolute atomic E-state index is 0.292. The van der Waals surface area contributed by atoms with Gasteiger partial charge >= 0.3 is 0 Å². The lowest BCUT2D eigenvalue weighted by Gasteiger charge is -2.19. The van der Waals surface area contributed by atoms with Crippen LogP contribution in [0.3, 0.4) is 0 Å². The van der Waals surface area contributed by atoms with Crippen LogP contribution in [0.5, 0.6) is 0 Å². The van der Waals surface area contributed by atoms with Crippen LogP contribution in [0.4, 0.5) is 4.39 Å². The van der Waals surface area contributed by atoms with Gasteiger partial charge in [-0.05, 0) is 56.3 Å². The summed E-state index contributed by atoms with van der Waals surface area (Å²) in [7, 11) is 1.84. The summed E-state index contributed by atoms with van der Waals surface area (Å²) in [6, 6.07) is 15.3. The molecule has 0 aliphatic carbocycles. The van der Waals surface area contributed by atoms with Crippen LogP contribution in [-0.4, -0.2) is 35.3 Å². The van der Waals surface area contributed by atoms with Crippen molar-refractivity contribution in [1.82, 2.24) is 34.7 Å². The van der Waals surface area contributed by atoms with Crippen molar-refractivity contribution in [3.05, 3.63) is 113 Å². The fraction of sp³-hybridized carbons (Fsp3) is 0.129. The molecule has 0 aliphatic heterocycles. The van der Waals surface area contributed by atoms with Gasteiger partial charge < -0.3 is 5.32 Å². The fourth-order valence-electron chi connectivity index (χ4n) is 4.72. The normalized spacial score (nSPS) is 11.8. The molecule has 8 nitrogen and oxygen atoms in total. The summed E-state index contributed by atoms with van der Waals surface area (Å²) in [4.78, 5) is 22.8. The van der Waals surface area contributed by atoms with Crippen LogP contribution >= 0.6 is 0 Å². The lowest BCUT2D eigenvalue weighted by molar-refractivity contribution is 0.0941. The van der Waals surface area contributed by atoms with Gasteiger partial charge in [0.2, 0.25) is 0 Å². The first-order valence-electron chi connectivity index (χ1n) is 12.7. The summed E-state index contributed by atoms with van der Waals surface area (Å²) in [6.45, 7) is 3.68. The Kier molecular flexibility index (Phi) is 6.28. The SMILES string of the molecule is Cc1nn2cccnc2c1C(=O)NC(C)c1cc2cccc(C#Cc3cnn(C)c3)c2nc1-c1ccc(F)cc1. The standard InChI is InChI=1S/C31H24FN7O/c1-19(35-31(40)27-20(2)37-39-15-5-14-33-30(27)39)26-16-24-7-4-6-22(9-8-21-17-34-38(3)18-21)28(24)36-29(26)23-10-12-25(32)13-11-23/h4-7,10-19H,1-3H3,(H,35,40). The summed E-state index contributed by atoms with van der Waals surface area (Å²) in [5.74, 6) is 5.73. The number of carbonyl (C=O) groups excluding carboxylic acids is 1.